The van der Waals surface area contributed by atoms with Crippen LogP contribution in [-0.4, -0.2) is 29.7 Å². The number of fused-ring (bicyclic) bond motifs is 1. The van der Waals surface area contributed by atoms with Crippen molar-refractivity contribution in [1.29, 1.82) is 0 Å². The van der Waals surface area contributed by atoms with Crippen molar-refractivity contribution < 1.29 is 14.6 Å². The molecule has 20 heavy (non-hydrogen) atoms. The van der Waals surface area contributed by atoms with Crippen molar-refractivity contribution in [1.82, 2.24) is 0 Å². The lowest BCUT2D eigenvalue weighted by Crippen LogP contribution is -2.34. The monoisotopic (exact) mass is 341 g/mol. The third-order valence-electron chi connectivity index (χ3n) is 3.45. The zero-order valence-corrected chi connectivity index (χ0v) is 13.1. The van der Waals surface area contributed by atoms with Crippen LogP contribution in [0.1, 0.15) is 31.2 Å². The molecule has 4 nitrogen and oxygen atoms in total. The van der Waals surface area contributed by atoms with Gasteiger partial charge in [-0.05, 0) is 55.9 Å². The zero-order chi connectivity index (χ0) is 14.4. The second-order valence-electron chi connectivity index (χ2n) is 4.93. The summed E-state index contributed by atoms with van der Waals surface area (Å²) in [5.41, 5.74) is 1.87. The van der Waals surface area contributed by atoms with Crippen LogP contribution in [0.5, 0.6) is 5.75 Å². The Morgan fingerprint density at radius 3 is 2.95 bits per heavy atom. The summed E-state index contributed by atoms with van der Waals surface area (Å²) in [6.45, 7) is 1.30. The summed E-state index contributed by atoms with van der Waals surface area (Å²) < 4.78 is 5.73. The van der Waals surface area contributed by atoms with E-state index in [2.05, 4.69) is 15.9 Å². The molecule has 0 aromatic heterocycles. The van der Waals surface area contributed by atoms with Crippen molar-refractivity contribution >= 4 is 27.7 Å². The normalized spacial score (nSPS) is 13.9. The minimum absolute atomic E-state index is 0.578. The topological polar surface area (TPSA) is 49.8 Å². The highest BCUT2D eigenvalue weighted by molar-refractivity contribution is 9.09. The third kappa shape index (κ3) is 3.88. The van der Waals surface area contributed by atoms with Gasteiger partial charge in [-0.25, -0.2) is 4.79 Å². The molecule has 0 saturated carbocycles. The average molecular weight is 342 g/mol. The summed E-state index contributed by atoms with van der Waals surface area (Å²) in [5, 5.41) is 10.2. The molecular weight excluding hydrogens is 322 g/mol. The molecule has 0 fully saturated rings. The van der Waals surface area contributed by atoms with Gasteiger partial charge in [0.15, 0.2) is 0 Å². The smallest absolute Gasteiger partial charge is 0.411 e. The Bertz CT molecular complexity index is 464. The maximum absolute atomic E-state index is 11.2. The van der Waals surface area contributed by atoms with E-state index >= 15 is 0 Å². The largest absolute Gasteiger partial charge is 0.494 e. The Balaban J connectivity index is 1.95. The molecule has 110 valence electrons. The molecule has 0 radical (unpaired) electrons. The molecule has 5 heteroatoms. The van der Waals surface area contributed by atoms with E-state index in [4.69, 9.17) is 9.84 Å². The van der Waals surface area contributed by atoms with E-state index in [-0.39, 0.29) is 0 Å². The number of carbonyl (C=O) groups is 1. The number of unbranched alkanes of at least 4 members (excludes halogenated alkanes) is 2. The van der Waals surface area contributed by atoms with Crippen LogP contribution in [0.15, 0.2) is 18.2 Å². The summed E-state index contributed by atoms with van der Waals surface area (Å²) in [5.74, 6) is 0.842. The second-order valence-corrected chi connectivity index (χ2v) is 5.72. The number of amides is 1. The Morgan fingerprint density at radius 2 is 2.20 bits per heavy atom. The van der Waals surface area contributed by atoms with E-state index < -0.39 is 6.09 Å². The summed E-state index contributed by atoms with van der Waals surface area (Å²) >= 11 is 3.41. The molecule has 1 aliphatic rings. The number of hydrogen-bond donors (Lipinski definition) is 1. The molecule has 2 rings (SSSR count). The second kappa shape index (κ2) is 7.53. The van der Waals surface area contributed by atoms with E-state index in [1.54, 1.807) is 0 Å². The molecule has 1 aromatic carbocycles. The van der Waals surface area contributed by atoms with Crippen LogP contribution in [0.25, 0.3) is 0 Å². The Labute approximate surface area is 127 Å². The van der Waals surface area contributed by atoms with Crippen LogP contribution in [0, 0.1) is 0 Å². The molecule has 0 aliphatic carbocycles. The van der Waals surface area contributed by atoms with Crippen molar-refractivity contribution in [3.8, 4) is 5.75 Å². The van der Waals surface area contributed by atoms with Gasteiger partial charge in [0.1, 0.15) is 5.75 Å². The molecule has 1 aromatic rings. The van der Waals surface area contributed by atoms with Crippen LogP contribution in [-0.2, 0) is 6.42 Å². The number of hydrogen-bond acceptors (Lipinski definition) is 2. The maximum atomic E-state index is 11.2. The number of benzene rings is 1. The standard InChI is InChI=1S/C15H20BrNO3/c16-8-2-1-3-10-20-13-6-7-14-12(11-13)5-4-9-17(14)15(18)19/h6-7,11H,1-5,8-10H2,(H,18,19). The number of halogens is 1. The van der Waals surface area contributed by atoms with Gasteiger partial charge in [-0.15, -0.1) is 0 Å². The third-order valence-corrected chi connectivity index (χ3v) is 4.01. The first-order valence-corrected chi connectivity index (χ1v) is 8.16. The quantitative estimate of drug-likeness (QED) is 0.626. The first kappa shape index (κ1) is 15.2. The van der Waals surface area contributed by atoms with E-state index in [1.165, 1.54) is 11.3 Å². The molecule has 1 amide bonds. The van der Waals surface area contributed by atoms with Crippen LogP contribution >= 0.6 is 15.9 Å². The molecule has 0 unspecified atom stereocenters. The van der Waals surface area contributed by atoms with Gasteiger partial charge in [0.25, 0.3) is 0 Å². The van der Waals surface area contributed by atoms with Gasteiger partial charge in [-0.3, -0.25) is 4.90 Å². The molecule has 1 heterocycles. The summed E-state index contributed by atoms with van der Waals surface area (Å²) in [6, 6.07) is 5.70. The van der Waals surface area contributed by atoms with Gasteiger partial charge in [-0.1, -0.05) is 15.9 Å². The van der Waals surface area contributed by atoms with Crippen LogP contribution < -0.4 is 9.64 Å². The highest BCUT2D eigenvalue weighted by atomic mass is 79.9. The first-order chi connectivity index (χ1) is 9.72. The molecule has 0 saturated heterocycles. The minimum Gasteiger partial charge on any atom is -0.494 e. The Morgan fingerprint density at radius 1 is 1.35 bits per heavy atom. The van der Waals surface area contributed by atoms with Gasteiger partial charge in [-0.2, -0.15) is 0 Å². The molecule has 1 aliphatic heterocycles. The number of nitrogens with zero attached hydrogens (tertiary/aromatic N) is 1. The summed E-state index contributed by atoms with van der Waals surface area (Å²) in [6.07, 6.45) is 4.27. The highest BCUT2D eigenvalue weighted by Crippen LogP contribution is 2.30. The van der Waals surface area contributed by atoms with Crippen molar-refractivity contribution in [2.75, 3.05) is 23.4 Å². The van der Waals surface area contributed by atoms with Crippen LogP contribution in [0.2, 0.25) is 0 Å². The van der Waals surface area contributed by atoms with Crippen LogP contribution in [0.4, 0.5) is 10.5 Å². The van der Waals surface area contributed by atoms with E-state index in [9.17, 15) is 4.79 Å². The first-order valence-electron chi connectivity index (χ1n) is 7.04. The summed E-state index contributed by atoms with van der Waals surface area (Å²) in [7, 11) is 0. The van der Waals surface area contributed by atoms with E-state index in [0.717, 1.165) is 48.0 Å². The van der Waals surface area contributed by atoms with Crippen molar-refractivity contribution in [2.45, 2.75) is 32.1 Å². The van der Waals surface area contributed by atoms with E-state index in [0.29, 0.717) is 13.2 Å². The predicted molar refractivity (Wildman–Crippen MR) is 83.3 cm³/mol. The molecule has 0 spiro atoms. The lowest BCUT2D eigenvalue weighted by molar-refractivity contribution is 0.201. The van der Waals surface area contributed by atoms with Crippen LogP contribution in [0.3, 0.4) is 0 Å². The Hall–Kier alpha value is -1.23. The van der Waals surface area contributed by atoms with Gasteiger partial charge in [0, 0.05) is 11.9 Å². The number of rotatable bonds is 6. The number of alkyl halides is 1. The Kier molecular flexibility index (Phi) is 5.71. The van der Waals surface area contributed by atoms with Gasteiger partial charge >= 0.3 is 6.09 Å². The fourth-order valence-electron chi connectivity index (χ4n) is 2.43. The average Bonchev–Trinajstić information content (AvgIpc) is 2.46. The molecule has 1 N–H and O–H groups in total. The van der Waals surface area contributed by atoms with Crippen molar-refractivity contribution in [3.05, 3.63) is 23.8 Å². The maximum Gasteiger partial charge on any atom is 0.411 e. The SMILES string of the molecule is O=C(O)N1CCCc2cc(OCCCCCBr)ccc21. The number of anilines is 1. The molecule has 0 bridgehead atoms. The van der Waals surface area contributed by atoms with Crippen molar-refractivity contribution in [2.24, 2.45) is 0 Å². The minimum atomic E-state index is -0.880. The molecule has 0 atom stereocenters. The van der Waals surface area contributed by atoms with E-state index in [1.807, 2.05) is 18.2 Å². The number of ether oxygens (including phenoxy) is 1. The fraction of sp³-hybridized carbons (Fsp3) is 0.533. The number of carboxylic acid groups (broad SMARTS) is 1. The van der Waals surface area contributed by atoms with Gasteiger partial charge in [0.05, 0.1) is 12.3 Å². The molecular formula is C15H20BrNO3. The fourth-order valence-corrected chi connectivity index (χ4v) is 2.82. The van der Waals surface area contributed by atoms with Crippen molar-refractivity contribution in [3.63, 3.8) is 0 Å². The lowest BCUT2D eigenvalue weighted by atomic mass is 10.0. The number of aryl methyl sites for hydroxylation is 1. The van der Waals surface area contributed by atoms with Gasteiger partial charge in [0.2, 0.25) is 0 Å². The summed E-state index contributed by atoms with van der Waals surface area (Å²) in [4.78, 5) is 12.6. The highest BCUT2D eigenvalue weighted by Gasteiger charge is 2.22. The predicted octanol–water partition coefficient (Wildman–Crippen LogP) is 4.06. The zero-order valence-electron chi connectivity index (χ0n) is 11.5. The van der Waals surface area contributed by atoms with Gasteiger partial charge < -0.3 is 9.84 Å². The lowest BCUT2D eigenvalue weighted by Gasteiger charge is -2.27.